The van der Waals surface area contributed by atoms with Crippen LogP contribution in [0.5, 0.6) is 0 Å². The molecular weight excluding hydrogens is 342 g/mol. The van der Waals surface area contributed by atoms with Gasteiger partial charge in [0.05, 0.1) is 5.56 Å². The number of carbonyl (C=O) groups is 1. The van der Waals surface area contributed by atoms with Crippen LogP contribution < -0.4 is 9.80 Å². The number of aromatic nitrogens is 3. The summed E-state index contributed by atoms with van der Waals surface area (Å²) in [7, 11) is 2.09. The van der Waals surface area contributed by atoms with Crippen LogP contribution in [0.4, 0.5) is 11.8 Å². The molecule has 0 atom stereocenters. The van der Waals surface area contributed by atoms with E-state index in [-0.39, 0.29) is 5.91 Å². The molecule has 2 aromatic rings. The number of anilines is 2. The van der Waals surface area contributed by atoms with E-state index >= 15 is 0 Å². The summed E-state index contributed by atoms with van der Waals surface area (Å²) in [6.07, 6.45) is 5.25. The molecule has 1 amide bonds. The molecule has 0 spiro atoms. The molecule has 0 unspecified atom stereocenters. The number of rotatable bonds is 3. The lowest BCUT2D eigenvalue weighted by Gasteiger charge is -2.35. The highest BCUT2D eigenvalue weighted by molar-refractivity contribution is 5.94. The Bertz CT molecular complexity index is 751. The van der Waals surface area contributed by atoms with Gasteiger partial charge in [0.25, 0.3) is 5.91 Å². The Kier molecular flexibility index (Phi) is 5.15. The molecule has 2 aliphatic heterocycles. The molecule has 2 aliphatic rings. The molecule has 4 heterocycles. The maximum absolute atomic E-state index is 12.6. The van der Waals surface area contributed by atoms with Crippen molar-refractivity contribution in [3.8, 4) is 0 Å². The molecule has 0 saturated carbocycles. The van der Waals surface area contributed by atoms with E-state index in [0.717, 1.165) is 64.1 Å². The van der Waals surface area contributed by atoms with E-state index in [2.05, 4.69) is 36.7 Å². The summed E-state index contributed by atoms with van der Waals surface area (Å²) in [6, 6.07) is 5.68. The van der Waals surface area contributed by atoms with Gasteiger partial charge in [-0.05, 0) is 25.2 Å². The molecule has 0 N–H and O–H groups in total. The van der Waals surface area contributed by atoms with Crippen molar-refractivity contribution < 1.29 is 4.79 Å². The maximum Gasteiger partial charge on any atom is 0.255 e. The van der Waals surface area contributed by atoms with Crippen LogP contribution in [0.15, 0.2) is 36.8 Å². The van der Waals surface area contributed by atoms with Gasteiger partial charge >= 0.3 is 0 Å². The van der Waals surface area contributed by atoms with Gasteiger partial charge < -0.3 is 19.6 Å². The lowest BCUT2D eigenvalue weighted by atomic mass is 10.2. The quantitative estimate of drug-likeness (QED) is 0.786. The fraction of sp³-hybridized carbons (Fsp3) is 0.474. The molecule has 2 saturated heterocycles. The number of hydrogen-bond acceptors (Lipinski definition) is 7. The summed E-state index contributed by atoms with van der Waals surface area (Å²) in [6.45, 7) is 6.83. The fourth-order valence-corrected chi connectivity index (χ4v) is 3.48. The van der Waals surface area contributed by atoms with Gasteiger partial charge in [0.15, 0.2) is 0 Å². The highest BCUT2D eigenvalue weighted by Crippen LogP contribution is 2.17. The first-order valence-corrected chi connectivity index (χ1v) is 9.41. The van der Waals surface area contributed by atoms with E-state index < -0.39 is 0 Å². The van der Waals surface area contributed by atoms with E-state index in [1.165, 1.54) is 0 Å². The summed E-state index contributed by atoms with van der Waals surface area (Å²) < 4.78 is 0. The minimum atomic E-state index is 0.0770. The largest absolute Gasteiger partial charge is 0.353 e. The molecule has 0 aromatic carbocycles. The van der Waals surface area contributed by atoms with Crippen LogP contribution in [0.25, 0.3) is 0 Å². The second-order valence-corrected chi connectivity index (χ2v) is 7.02. The lowest BCUT2D eigenvalue weighted by Crippen LogP contribution is -2.47. The van der Waals surface area contributed by atoms with Crippen molar-refractivity contribution >= 4 is 17.7 Å². The molecule has 27 heavy (non-hydrogen) atoms. The summed E-state index contributed by atoms with van der Waals surface area (Å²) in [4.78, 5) is 34.4. The van der Waals surface area contributed by atoms with Gasteiger partial charge in [0, 0.05) is 70.9 Å². The highest BCUT2D eigenvalue weighted by atomic mass is 16.2. The number of pyridine rings is 1. The predicted molar refractivity (Wildman–Crippen MR) is 104 cm³/mol. The fourth-order valence-electron chi connectivity index (χ4n) is 3.48. The third-order valence-electron chi connectivity index (χ3n) is 5.22. The zero-order valence-electron chi connectivity index (χ0n) is 15.7. The van der Waals surface area contributed by atoms with Crippen LogP contribution in [-0.4, -0.2) is 90.1 Å². The SMILES string of the molecule is CN1CCN(C(=O)c2ccc(N3CCN(c4ncccn4)CC3)nc2)CC1. The first-order chi connectivity index (χ1) is 13.2. The first-order valence-electron chi connectivity index (χ1n) is 9.41. The van der Waals surface area contributed by atoms with Gasteiger partial charge in [-0.3, -0.25) is 4.79 Å². The Balaban J connectivity index is 1.35. The zero-order valence-corrected chi connectivity index (χ0v) is 15.7. The monoisotopic (exact) mass is 367 g/mol. The van der Waals surface area contributed by atoms with Crippen molar-refractivity contribution in [2.45, 2.75) is 0 Å². The molecular formula is C19H25N7O. The number of hydrogen-bond donors (Lipinski definition) is 0. The van der Waals surface area contributed by atoms with Gasteiger partial charge in [-0.2, -0.15) is 0 Å². The number of nitrogens with zero attached hydrogens (tertiary/aromatic N) is 7. The van der Waals surface area contributed by atoms with Crippen LogP contribution >= 0.6 is 0 Å². The van der Waals surface area contributed by atoms with Crippen molar-refractivity contribution in [3.63, 3.8) is 0 Å². The summed E-state index contributed by atoms with van der Waals surface area (Å²) in [5, 5.41) is 0. The van der Waals surface area contributed by atoms with Gasteiger partial charge in [-0.15, -0.1) is 0 Å². The van der Waals surface area contributed by atoms with Crippen LogP contribution in [0.1, 0.15) is 10.4 Å². The lowest BCUT2D eigenvalue weighted by molar-refractivity contribution is 0.0663. The molecule has 0 aliphatic carbocycles. The normalized spacial score (nSPS) is 18.6. The van der Waals surface area contributed by atoms with E-state index in [1.807, 2.05) is 23.1 Å². The van der Waals surface area contributed by atoms with Crippen LogP contribution in [-0.2, 0) is 0 Å². The Morgan fingerprint density at radius 3 is 2.15 bits per heavy atom. The third-order valence-corrected chi connectivity index (χ3v) is 5.22. The van der Waals surface area contributed by atoms with E-state index in [0.29, 0.717) is 5.56 Å². The summed E-state index contributed by atoms with van der Waals surface area (Å²) in [5.74, 6) is 1.77. The average molecular weight is 367 g/mol. The first kappa shape index (κ1) is 17.7. The summed E-state index contributed by atoms with van der Waals surface area (Å²) in [5.41, 5.74) is 0.666. The van der Waals surface area contributed by atoms with Crippen molar-refractivity contribution in [2.24, 2.45) is 0 Å². The number of likely N-dealkylation sites (N-methyl/N-ethyl adjacent to an activating group) is 1. The van der Waals surface area contributed by atoms with Gasteiger partial charge in [0.1, 0.15) is 5.82 Å². The van der Waals surface area contributed by atoms with E-state index in [9.17, 15) is 4.79 Å². The van der Waals surface area contributed by atoms with Crippen molar-refractivity contribution in [2.75, 3.05) is 69.2 Å². The van der Waals surface area contributed by atoms with Crippen LogP contribution in [0.2, 0.25) is 0 Å². The molecule has 2 fully saturated rings. The Morgan fingerprint density at radius 1 is 0.852 bits per heavy atom. The highest BCUT2D eigenvalue weighted by Gasteiger charge is 2.22. The second-order valence-electron chi connectivity index (χ2n) is 7.02. The number of carbonyl (C=O) groups excluding carboxylic acids is 1. The third kappa shape index (κ3) is 4.00. The predicted octanol–water partition coefficient (Wildman–Crippen LogP) is 0.586. The molecule has 2 aromatic heterocycles. The minimum Gasteiger partial charge on any atom is -0.353 e. The zero-order chi connectivity index (χ0) is 18.6. The van der Waals surface area contributed by atoms with Crippen molar-refractivity contribution in [1.29, 1.82) is 0 Å². The Labute approximate surface area is 159 Å². The maximum atomic E-state index is 12.6. The molecule has 8 nitrogen and oxygen atoms in total. The van der Waals surface area contributed by atoms with E-state index in [4.69, 9.17) is 0 Å². The number of piperazine rings is 2. The second kappa shape index (κ2) is 7.87. The average Bonchev–Trinajstić information content (AvgIpc) is 2.75. The van der Waals surface area contributed by atoms with Gasteiger partial charge in [-0.1, -0.05) is 0 Å². The molecule has 4 rings (SSSR count). The topological polar surface area (TPSA) is 68.7 Å². The Morgan fingerprint density at radius 2 is 1.52 bits per heavy atom. The van der Waals surface area contributed by atoms with Crippen molar-refractivity contribution in [3.05, 3.63) is 42.4 Å². The van der Waals surface area contributed by atoms with Gasteiger partial charge in [0.2, 0.25) is 5.95 Å². The smallest absolute Gasteiger partial charge is 0.255 e. The number of amides is 1. The van der Waals surface area contributed by atoms with E-state index in [1.54, 1.807) is 18.6 Å². The van der Waals surface area contributed by atoms with Gasteiger partial charge in [-0.25, -0.2) is 15.0 Å². The minimum absolute atomic E-state index is 0.0770. The molecule has 0 radical (unpaired) electrons. The standard InChI is InChI=1S/C19H25N7O/c1-23-7-9-25(10-8-23)18(27)16-3-4-17(22-15-16)24-11-13-26(14-12-24)19-20-5-2-6-21-19/h2-6,15H,7-14H2,1H3. The van der Waals surface area contributed by atoms with Crippen molar-refractivity contribution in [1.82, 2.24) is 24.8 Å². The molecule has 142 valence electrons. The Hall–Kier alpha value is -2.74. The van der Waals surface area contributed by atoms with Crippen LogP contribution in [0.3, 0.4) is 0 Å². The molecule has 8 heteroatoms. The molecule has 0 bridgehead atoms. The van der Waals surface area contributed by atoms with Crippen LogP contribution in [0, 0.1) is 0 Å². The summed E-state index contributed by atoms with van der Waals surface area (Å²) >= 11 is 0.